The summed E-state index contributed by atoms with van der Waals surface area (Å²) in [6.07, 6.45) is 2.29. The molecular weight excluding hydrogens is 348 g/mol. The fourth-order valence-electron chi connectivity index (χ4n) is 2.51. The van der Waals surface area contributed by atoms with Crippen molar-refractivity contribution in [1.82, 2.24) is 20.1 Å². The third-order valence-corrected chi connectivity index (χ3v) is 6.43. The summed E-state index contributed by atoms with van der Waals surface area (Å²) in [6, 6.07) is 0. The SMILES string of the molecule is C=CCn1c(SCC(=O)NCC(C)C)nnc1[C@H]1CCS(=O)(=O)C1. The Balaban J connectivity index is 2.05. The van der Waals surface area contributed by atoms with E-state index < -0.39 is 9.84 Å². The summed E-state index contributed by atoms with van der Waals surface area (Å²) in [4.78, 5) is 11.8. The minimum absolute atomic E-state index is 0.0492. The van der Waals surface area contributed by atoms with Crippen molar-refractivity contribution in [1.29, 1.82) is 0 Å². The van der Waals surface area contributed by atoms with Crippen LogP contribution in [-0.2, 0) is 21.2 Å². The van der Waals surface area contributed by atoms with Gasteiger partial charge in [-0.2, -0.15) is 0 Å². The van der Waals surface area contributed by atoms with Gasteiger partial charge in [0.2, 0.25) is 5.91 Å². The van der Waals surface area contributed by atoms with E-state index in [9.17, 15) is 13.2 Å². The number of nitrogens with one attached hydrogen (secondary N) is 1. The van der Waals surface area contributed by atoms with Crippen LogP contribution in [-0.4, -0.2) is 52.9 Å². The molecule has 2 rings (SSSR count). The molecule has 0 bridgehead atoms. The number of nitrogens with zero attached hydrogens (tertiary/aromatic N) is 3. The zero-order valence-corrected chi connectivity index (χ0v) is 15.7. The molecule has 1 aromatic heterocycles. The predicted octanol–water partition coefficient (Wildman–Crippen LogP) is 1.23. The molecule has 7 nitrogen and oxygen atoms in total. The lowest BCUT2D eigenvalue weighted by atomic mass is 10.1. The lowest BCUT2D eigenvalue weighted by Crippen LogP contribution is -2.28. The van der Waals surface area contributed by atoms with Gasteiger partial charge in [0.1, 0.15) is 5.82 Å². The average molecular weight is 373 g/mol. The Kier molecular flexibility index (Phi) is 6.45. The number of carbonyl (C=O) groups excluding carboxylic acids is 1. The van der Waals surface area contributed by atoms with E-state index in [2.05, 4.69) is 22.1 Å². The quantitative estimate of drug-likeness (QED) is 0.545. The second-order valence-electron chi connectivity index (χ2n) is 6.33. The molecule has 0 unspecified atom stereocenters. The Labute approximate surface area is 147 Å². The van der Waals surface area contributed by atoms with Gasteiger partial charge < -0.3 is 9.88 Å². The largest absolute Gasteiger partial charge is 0.355 e. The molecular formula is C15H24N4O3S2. The van der Waals surface area contributed by atoms with Gasteiger partial charge in [-0.1, -0.05) is 31.7 Å². The molecule has 1 saturated heterocycles. The molecule has 9 heteroatoms. The number of aromatic nitrogens is 3. The normalized spacial score (nSPS) is 19.5. The first-order valence-electron chi connectivity index (χ1n) is 7.96. The highest BCUT2D eigenvalue weighted by molar-refractivity contribution is 7.99. The number of thioether (sulfide) groups is 1. The van der Waals surface area contributed by atoms with Crippen molar-refractivity contribution in [2.45, 2.75) is 37.9 Å². The van der Waals surface area contributed by atoms with Gasteiger partial charge in [-0.25, -0.2) is 8.42 Å². The molecule has 1 aromatic rings. The summed E-state index contributed by atoms with van der Waals surface area (Å²) in [5, 5.41) is 11.8. The van der Waals surface area contributed by atoms with Crippen LogP contribution in [0.15, 0.2) is 17.8 Å². The van der Waals surface area contributed by atoms with Crippen molar-refractivity contribution in [3.05, 3.63) is 18.5 Å². The molecule has 134 valence electrons. The average Bonchev–Trinajstić information content (AvgIpc) is 3.06. The van der Waals surface area contributed by atoms with Crippen LogP contribution >= 0.6 is 11.8 Å². The number of hydrogen-bond donors (Lipinski definition) is 1. The maximum Gasteiger partial charge on any atom is 0.230 e. The second kappa shape index (κ2) is 8.15. The number of allylic oxidation sites excluding steroid dienone is 1. The third kappa shape index (κ3) is 5.07. The molecule has 1 amide bonds. The Bertz CT molecular complexity index is 698. The van der Waals surface area contributed by atoms with Gasteiger partial charge in [0.05, 0.1) is 17.3 Å². The van der Waals surface area contributed by atoms with Gasteiger partial charge in [0.15, 0.2) is 15.0 Å². The van der Waals surface area contributed by atoms with Crippen molar-refractivity contribution < 1.29 is 13.2 Å². The van der Waals surface area contributed by atoms with Crippen molar-refractivity contribution >= 4 is 27.5 Å². The molecule has 2 heterocycles. The number of carbonyl (C=O) groups is 1. The second-order valence-corrected chi connectivity index (χ2v) is 9.50. The van der Waals surface area contributed by atoms with Crippen molar-refractivity contribution in [3.8, 4) is 0 Å². The molecule has 0 radical (unpaired) electrons. The van der Waals surface area contributed by atoms with Gasteiger partial charge in [-0.15, -0.1) is 16.8 Å². The number of hydrogen-bond acceptors (Lipinski definition) is 6. The highest BCUT2D eigenvalue weighted by Gasteiger charge is 2.33. The molecule has 0 spiro atoms. The number of amides is 1. The van der Waals surface area contributed by atoms with Crippen LogP contribution < -0.4 is 5.32 Å². The van der Waals surface area contributed by atoms with E-state index in [0.29, 0.717) is 36.4 Å². The summed E-state index contributed by atoms with van der Waals surface area (Å²) in [5.41, 5.74) is 0. The minimum atomic E-state index is -2.99. The van der Waals surface area contributed by atoms with Gasteiger partial charge in [0.25, 0.3) is 0 Å². The lowest BCUT2D eigenvalue weighted by Gasteiger charge is -2.11. The lowest BCUT2D eigenvalue weighted by molar-refractivity contribution is -0.118. The van der Waals surface area contributed by atoms with Crippen molar-refractivity contribution in [3.63, 3.8) is 0 Å². The van der Waals surface area contributed by atoms with E-state index in [1.54, 1.807) is 6.08 Å². The highest BCUT2D eigenvalue weighted by Crippen LogP contribution is 2.30. The molecule has 1 atom stereocenters. The van der Waals surface area contributed by atoms with Crippen LogP contribution in [0.5, 0.6) is 0 Å². The summed E-state index contributed by atoms with van der Waals surface area (Å²) >= 11 is 1.31. The Morgan fingerprint density at radius 3 is 2.83 bits per heavy atom. The van der Waals surface area contributed by atoms with Crippen LogP contribution in [0.3, 0.4) is 0 Å². The van der Waals surface area contributed by atoms with Gasteiger partial charge >= 0.3 is 0 Å². The van der Waals surface area contributed by atoms with E-state index >= 15 is 0 Å². The molecule has 0 saturated carbocycles. The standard InChI is InChI=1S/C15H24N4O3S2/c1-4-6-19-14(12-5-7-24(21,22)10-12)17-18-15(19)23-9-13(20)16-8-11(2)3/h4,11-12H,1,5-10H2,2-3H3,(H,16,20)/t12-/m0/s1. The van der Waals surface area contributed by atoms with Crippen LogP contribution in [0.2, 0.25) is 0 Å². The Hall–Kier alpha value is -1.35. The third-order valence-electron chi connectivity index (χ3n) is 3.69. The Morgan fingerprint density at radius 2 is 2.25 bits per heavy atom. The first-order valence-corrected chi connectivity index (χ1v) is 10.8. The highest BCUT2D eigenvalue weighted by atomic mass is 32.2. The maximum absolute atomic E-state index is 11.8. The molecule has 1 aliphatic heterocycles. The molecule has 1 aliphatic rings. The van der Waals surface area contributed by atoms with E-state index in [-0.39, 0.29) is 29.1 Å². The van der Waals surface area contributed by atoms with E-state index in [4.69, 9.17) is 0 Å². The summed E-state index contributed by atoms with van der Waals surface area (Å²) in [5.74, 6) is 1.45. The van der Waals surface area contributed by atoms with E-state index in [0.717, 1.165) is 0 Å². The topological polar surface area (TPSA) is 93.9 Å². The smallest absolute Gasteiger partial charge is 0.230 e. The summed E-state index contributed by atoms with van der Waals surface area (Å²) in [7, 11) is -2.99. The molecule has 0 aliphatic carbocycles. The molecule has 24 heavy (non-hydrogen) atoms. The minimum Gasteiger partial charge on any atom is -0.355 e. The zero-order chi connectivity index (χ0) is 17.7. The summed E-state index contributed by atoms with van der Waals surface area (Å²) < 4.78 is 25.3. The van der Waals surface area contributed by atoms with Gasteiger partial charge in [-0.3, -0.25) is 4.79 Å². The fraction of sp³-hybridized carbons (Fsp3) is 0.667. The molecule has 1 fully saturated rings. The Morgan fingerprint density at radius 1 is 1.50 bits per heavy atom. The van der Waals surface area contributed by atoms with Crippen molar-refractivity contribution in [2.24, 2.45) is 5.92 Å². The fourth-order valence-corrected chi connectivity index (χ4v) is 5.03. The van der Waals surface area contributed by atoms with Gasteiger partial charge in [-0.05, 0) is 12.3 Å². The predicted molar refractivity (Wildman–Crippen MR) is 94.8 cm³/mol. The van der Waals surface area contributed by atoms with Crippen LogP contribution in [0.1, 0.15) is 32.0 Å². The zero-order valence-electron chi connectivity index (χ0n) is 14.1. The summed E-state index contributed by atoms with van der Waals surface area (Å²) in [6.45, 7) is 8.95. The maximum atomic E-state index is 11.8. The number of sulfone groups is 1. The molecule has 1 N–H and O–H groups in total. The molecule has 0 aromatic carbocycles. The number of rotatable bonds is 8. The van der Waals surface area contributed by atoms with Crippen LogP contribution in [0.25, 0.3) is 0 Å². The first kappa shape index (κ1) is 19.0. The monoisotopic (exact) mass is 372 g/mol. The van der Waals surface area contributed by atoms with Gasteiger partial charge in [0, 0.05) is 19.0 Å². The first-order chi connectivity index (χ1) is 11.3. The van der Waals surface area contributed by atoms with Crippen molar-refractivity contribution in [2.75, 3.05) is 23.8 Å². The van der Waals surface area contributed by atoms with E-state index in [1.165, 1.54) is 11.8 Å². The van der Waals surface area contributed by atoms with Crippen LogP contribution in [0.4, 0.5) is 0 Å². The van der Waals surface area contributed by atoms with E-state index in [1.807, 2.05) is 18.4 Å². The van der Waals surface area contributed by atoms with Crippen LogP contribution in [0, 0.1) is 5.92 Å².